The minimum absolute atomic E-state index is 0.182. The highest BCUT2D eigenvalue weighted by Crippen LogP contribution is 2.34. The molecule has 74 valence electrons. The molecule has 2 fully saturated rings. The molecule has 0 aromatic rings. The molecule has 0 amide bonds. The fourth-order valence-corrected chi connectivity index (χ4v) is 2.51. The summed E-state index contributed by atoms with van der Waals surface area (Å²) in [5.74, 6) is -0.531. The average Bonchev–Trinajstić information content (AvgIpc) is 2.45. The molecular weight excluding hydrogens is 170 g/mol. The first-order chi connectivity index (χ1) is 6.20. The van der Waals surface area contributed by atoms with E-state index in [9.17, 15) is 4.79 Å². The minimum atomic E-state index is -0.652. The molecule has 2 heterocycles. The second-order valence-electron chi connectivity index (χ2n) is 3.98. The molecule has 0 aliphatic carbocycles. The predicted molar refractivity (Wildman–Crippen MR) is 46.5 cm³/mol. The molecule has 2 aliphatic heterocycles. The molecule has 3 atom stereocenters. The van der Waals surface area contributed by atoms with Gasteiger partial charge in [0.2, 0.25) is 0 Å². The molecule has 0 aromatic carbocycles. The van der Waals surface area contributed by atoms with Crippen LogP contribution in [0.1, 0.15) is 6.42 Å². The minimum Gasteiger partial charge on any atom is -0.481 e. The van der Waals surface area contributed by atoms with Crippen LogP contribution < -0.4 is 0 Å². The monoisotopic (exact) mass is 185 g/mol. The lowest BCUT2D eigenvalue weighted by atomic mass is 9.87. The number of carbonyl (C=O) groups is 1. The van der Waals surface area contributed by atoms with Crippen molar-refractivity contribution in [3.8, 4) is 0 Å². The third kappa shape index (κ3) is 1.44. The summed E-state index contributed by atoms with van der Waals surface area (Å²) < 4.78 is 5.35. The zero-order valence-electron chi connectivity index (χ0n) is 7.77. The molecule has 0 spiro atoms. The van der Waals surface area contributed by atoms with Crippen molar-refractivity contribution in [3.63, 3.8) is 0 Å². The van der Waals surface area contributed by atoms with Crippen LogP contribution in [0.25, 0.3) is 0 Å². The molecule has 2 saturated heterocycles. The lowest BCUT2D eigenvalue weighted by Gasteiger charge is -2.29. The van der Waals surface area contributed by atoms with Crippen molar-refractivity contribution in [1.29, 1.82) is 0 Å². The number of likely N-dealkylation sites (tertiary alicyclic amines) is 1. The van der Waals surface area contributed by atoms with Crippen LogP contribution in [0.5, 0.6) is 0 Å². The Bertz CT molecular complexity index is 219. The first-order valence-electron chi connectivity index (χ1n) is 4.71. The van der Waals surface area contributed by atoms with Crippen molar-refractivity contribution in [2.45, 2.75) is 12.5 Å². The molecule has 3 unspecified atom stereocenters. The van der Waals surface area contributed by atoms with Gasteiger partial charge in [0.05, 0.1) is 12.5 Å². The highest BCUT2D eigenvalue weighted by Gasteiger charge is 2.44. The van der Waals surface area contributed by atoms with E-state index in [0.717, 1.165) is 13.0 Å². The highest BCUT2D eigenvalue weighted by molar-refractivity contribution is 5.71. The van der Waals surface area contributed by atoms with Crippen LogP contribution in [-0.4, -0.2) is 48.8 Å². The van der Waals surface area contributed by atoms with Crippen molar-refractivity contribution >= 4 is 5.97 Å². The number of aliphatic carboxylic acids is 1. The van der Waals surface area contributed by atoms with Crippen molar-refractivity contribution in [1.82, 2.24) is 4.90 Å². The summed E-state index contributed by atoms with van der Waals surface area (Å²) in [6.45, 7) is 2.09. The first kappa shape index (κ1) is 8.97. The van der Waals surface area contributed by atoms with E-state index in [1.165, 1.54) is 0 Å². The van der Waals surface area contributed by atoms with Gasteiger partial charge < -0.3 is 9.84 Å². The fourth-order valence-electron chi connectivity index (χ4n) is 2.51. The number of fused-ring (bicyclic) bond motifs is 1. The summed E-state index contributed by atoms with van der Waals surface area (Å²) in [7, 11) is 1.98. The molecule has 4 nitrogen and oxygen atoms in total. The molecule has 2 rings (SSSR count). The lowest BCUT2D eigenvalue weighted by Crippen LogP contribution is -2.38. The summed E-state index contributed by atoms with van der Waals surface area (Å²) in [5, 5.41) is 9.00. The number of hydrogen-bond donors (Lipinski definition) is 1. The molecule has 0 saturated carbocycles. The topological polar surface area (TPSA) is 49.8 Å². The first-order valence-corrected chi connectivity index (χ1v) is 4.71. The van der Waals surface area contributed by atoms with Gasteiger partial charge >= 0.3 is 5.97 Å². The van der Waals surface area contributed by atoms with E-state index >= 15 is 0 Å². The quantitative estimate of drug-likeness (QED) is 0.626. The Morgan fingerprint density at radius 2 is 2.38 bits per heavy atom. The van der Waals surface area contributed by atoms with E-state index in [1.54, 1.807) is 0 Å². The Morgan fingerprint density at radius 3 is 3.08 bits per heavy atom. The van der Waals surface area contributed by atoms with E-state index in [2.05, 4.69) is 4.90 Å². The van der Waals surface area contributed by atoms with E-state index in [1.807, 2.05) is 7.05 Å². The number of ether oxygens (including phenoxy) is 1. The Labute approximate surface area is 77.5 Å². The third-order valence-electron chi connectivity index (χ3n) is 3.26. The van der Waals surface area contributed by atoms with Gasteiger partial charge in [0.1, 0.15) is 0 Å². The Balaban J connectivity index is 2.12. The standard InChI is InChI=1S/C9H15NO3/c1-10-4-7(9(11)12)6-2-3-13-5-8(6)10/h6-8H,2-5H2,1H3,(H,11,12). The van der Waals surface area contributed by atoms with Gasteiger partial charge in [-0.05, 0) is 19.4 Å². The fraction of sp³-hybridized carbons (Fsp3) is 0.889. The van der Waals surface area contributed by atoms with Gasteiger partial charge in [0.15, 0.2) is 0 Å². The van der Waals surface area contributed by atoms with Gasteiger partial charge in [-0.15, -0.1) is 0 Å². The van der Waals surface area contributed by atoms with Gasteiger partial charge in [-0.3, -0.25) is 9.69 Å². The lowest BCUT2D eigenvalue weighted by molar-refractivity contribution is -0.143. The van der Waals surface area contributed by atoms with Crippen molar-refractivity contribution in [2.75, 3.05) is 26.8 Å². The summed E-state index contributed by atoms with van der Waals surface area (Å²) >= 11 is 0. The van der Waals surface area contributed by atoms with E-state index in [4.69, 9.17) is 9.84 Å². The maximum atomic E-state index is 10.9. The van der Waals surface area contributed by atoms with Crippen LogP contribution in [-0.2, 0) is 9.53 Å². The van der Waals surface area contributed by atoms with Gasteiger partial charge in [-0.25, -0.2) is 0 Å². The van der Waals surface area contributed by atoms with Gasteiger partial charge in [-0.2, -0.15) is 0 Å². The van der Waals surface area contributed by atoms with Crippen LogP contribution in [0.15, 0.2) is 0 Å². The van der Waals surface area contributed by atoms with Crippen LogP contribution >= 0.6 is 0 Å². The van der Waals surface area contributed by atoms with Crippen LogP contribution in [0.4, 0.5) is 0 Å². The summed E-state index contributed by atoms with van der Waals surface area (Å²) in [6.07, 6.45) is 0.895. The van der Waals surface area contributed by atoms with Gasteiger partial charge in [0.25, 0.3) is 0 Å². The summed E-state index contributed by atoms with van der Waals surface area (Å²) in [6, 6.07) is 0.329. The van der Waals surface area contributed by atoms with Crippen LogP contribution in [0, 0.1) is 11.8 Å². The maximum absolute atomic E-state index is 10.9. The summed E-state index contributed by atoms with van der Waals surface area (Å²) in [4.78, 5) is 13.0. The molecule has 0 radical (unpaired) electrons. The number of carboxylic acid groups (broad SMARTS) is 1. The van der Waals surface area contributed by atoms with E-state index in [0.29, 0.717) is 25.1 Å². The SMILES string of the molecule is CN1CC(C(=O)O)C2CCOCC21. The molecule has 0 aromatic heterocycles. The number of hydrogen-bond acceptors (Lipinski definition) is 3. The molecule has 0 bridgehead atoms. The normalized spacial score (nSPS) is 40.2. The molecule has 1 N–H and O–H groups in total. The third-order valence-corrected chi connectivity index (χ3v) is 3.26. The second kappa shape index (κ2) is 3.27. The predicted octanol–water partition coefficient (Wildman–Crippen LogP) is 0.0377. The van der Waals surface area contributed by atoms with E-state index in [-0.39, 0.29) is 5.92 Å². The molecular formula is C9H15NO3. The zero-order chi connectivity index (χ0) is 9.42. The Hall–Kier alpha value is -0.610. The molecule has 13 heavy (non-hydrogen) atoms. The number of nitrogens with zero attached hydrogens (tertiary/aromatic N) is 1. The zero-order valence-corrected chi connectivity index (χ0v) is 7.77. The highest BCUT2D eigenvalue weighted by atomic mass is 16.5. The smallest absolute Gasteiger partial charge is 0.308 e. The van der Waals surface area contributed by atoms with Crippen molar-refractivity contribution < 1.29 is 14.6 Å². The van der Waals surface area contributed by atoms with Crippen LogP contribution in [0.2, 0.25) is 0 Å². The van der Waals surface area contributed by atoms with Gasteiger partial charge in [0, 0.05) is 19.2 Å². The molecule has 2 aliphatic rings. The maximum Gasteiger partial charge on any atom is 0.308 e. The number of likely N-dealkylation sites (N-methyl/N-ethyl adjacent to an activating group) is 1. The van der Waals surface area contributed by atoms with Crippen molar-refractivity contribution in [3.05, 3.63) is 0 Å². The number of carboxylic acids is 1. The van der Waals surface area contributed by atoms with Crippen LogP contribution in [0.3, 0.4) is 0 Å². The Kier molecular flexibility index (Phi) is 2.26. The second-order valence-corrected chi connectivity index (χ2v) is 3.98. The van der Waals surface area contributed by atoms with Gasteiger partial charge in [-0.1, -0.05) is 0 Å². The number of rotatable bonds is 1. The Morgan fingerprint density at radius 1 is 1.62 bits per heavy atom. The largest absolute Gasteiger partial charge is 0.481 e. The average molecular weight is 185 g/mol. The van der Waals surface area contributed by atoms with Crippen molar-refractivity contribution in [2.24, 2.45) is 11.8 Å². The van der Waals surface area contributed by atoms with E-state index < -0.39 is 5.97 Å². The summed E-state index contributed by atoms with van der Waals surface area (Å²) in [5.41, 5.74) is 0. The molecule has 4 heteroatoms.